The number of carbonyl (C=O) groups excluding carboxylic acids is 2. The normalized spacial score (nSPS) is 11.8. The molecule has 0 bridgehead atoms. The Balaban J connectivity index is 1.63. The second kappa shape index (κ2) is 10.3. The average Bonchev–Trinajstić information content (AvgIpc) is 3.30. The summed E-state index contributed by atoms with van der Waals surface area (Å²) in [6.45, 7) is 4.06. The molecule has 2 aromatic heterocycles. The third kappa shape index (κ3) is 5.15. The molecule has 174 valence electrons. The fraction of sp³-hybridized carbons (Fsp3) is 0.217. The van der Waals surface area contributed by atoms with Crippen LogP contribution in [0.2, 0.25) is 0 Å². The number of urea groups is 1. The maximum atomic E-state index is 13.0. The van der Waals surface area contributed by atoms with Crippen LogP contribution >= 0.6 is 11.8 Å². The van der Waals surface area contributed by atoms with Gasteiger partial charge in [-0.15, -0.1) is 10.2 Å². The maximum Gasteiger partial charge on any atom is 0.321 e. The Hall–Kier alpha value is -3.99. The molecule has 0 aliphatic carbocycles. The molecule has 0 saturated carbocycles. The molecule has 2 N–H and O–H groups in total. The summed E-state index contributed by atoms with van der Waals surface area (Å²) in [4.78, 5) is 36.8. The predicted molar refractivity (Wildman–Crippen MR) is 127 cm³/mol. The number of aromatic nitrogens is 4. The van der Waals surface area contributed by atoms with E-state index in [1.54, 1.807) is 38.1 Å². The van der Waals surface area contributed by atoms with E-state index >= 15 is 0 Å². The van der Waals surface area contributed by atoms with Gasteiger partial charge in [-0.05, 0) is 25.5 Å². The molecular weight excluding hydrogens is 456 g/mol. The van der Waals surface area contributed by atoms with Gasteiger partial charge in [0, 0.05) is 11.9 Å². The molecule has 4 aromatic rings. The zero-order valence-electron chi connectivity index (χ0n) is 18.5. The highest BCUT2D eigenvalue weighted by Gasteiger charge is 2.22. The predicted octanol–water partition coefficient (Wildman–Crippen LogP) is 2.82. The first-order chi connectivity index (χ1) is 16.5. The van der Waals surface area contributed by atoms with Crippen LogP contribution in [0.3, 0.4) is 0 Å². The van der Waals surface area contributed by atoms with Gasteiger partial charge in [0.05, 0.1) is 17.2 Å². The van der Waals surface area contributed by atoms with E-state index in [2.05, 4.69) is 25.9 Å². The first-order valence-electron chi connectivity index (χ1n) is 10.6. The molecule has 0 spiro atoms. The highest BCUT2D eigenvalue weighted by Crippen LogP contribution is 2.28. The molecule has 0 aliphatic rings. The van der Waals surface area contributed by atoms with Crippen LogP contribution in [-0.4, -0.2) is 43.7 Å². The molecule has 0 fully saturated rings. The lowest BCUT2D eigenvalue weighted by Gasteiger charge is -2.09. The standard InChI is InChI=1S/C23H22N6O4S/c1-3-24-22(32)25-19(30)14(2)34-23-27-26-20(33-23)18-16-11-7-8-12-17(16)21(31)29(28-18)13-15-9-5-4-6-10-15/h4-12,14H,3,13H2,1-2H3,(H2,24,25,30,32). The van der Waals surface area contributed by atoms with Crippen molar-refractivity contribution >= 4 is 34.5 Å². The van der Waals surface area contributed by atoms with Crippen molar-refractivity contribution in [2.75, 3.05) is 6.54 Å². The number of nitrogens with one attached hydrogen (secondary N) is 2. The summed E-state index contributed by atoms with van der Waals surface area (Å²) in [6.07, 6.45) is 0. The summed E-state index contributed by atoms with van der Waals surface area (Å²) in [5, 5.41) is 17.9. The van der Waals surface area contributed by atoms with Crippen LogP contribution in [0.4, 0.5) is 4.79 Å². The summed E-state index contributed by atoms with van der Waals surface area (Å²) in [6, 6.07) is 16.0. The topological polar surface area (TPSA) is 132 Å². The lowest BCUT2D eigenvalue weighted by Crippen LogP contribution is -2.42. The number of hydrogen-bond acceptors (Lipinski definition) is 8. The fourth-order valence-corrected chi connectivity index (χ4v) is 3.92. The number of amides is 3. The monoisotopic (exact) mass is 478 g/mol. The fourth-order valence-electron chi connectivity index (χ4n) is 3.23. The van der Waals surface area contributed by atoms with E-state index in [1.165, 1.54) is 4.68 Å². The largest absolute Gasteiger partial charge is 0.409 e. The number of hydrogen-bond donors (Lipinski definition) is 2. The van der Waals surface area contributed by atoms with Gasteiger partial charge in [0.1, 0.15) is 0 Å². The van der Waals surface area contributed by atoms with Gasteiger partial charge in [-0.3, -0.25) is 14.9 Å². The van der Waals surface area contributed by atoms with Crippen LogP contribution in [-0.2, 0) is 11.3 Å². The van der Waals surface area contributed by atoms with Crippen molar-refractivity contribution in [1.29, 1.82) is 0 Å². The van der Waals surface area contributed by atoms with Crippen LogP contribution in [0.5, 0.6) is 0 Å². The third-order valence-corrected chi connectivity index (χ3v) is 5.81. The van der Waals surface area contributed by atoms with E-state index in [0.29, 0.717) is 23.0 Å². The molecule has 11 heteroatoms. The molecular formula is C23H22N6O4S. The van der Waals surface area contributed by atoms with Crippen LogP contribution in [0, 0.1) is 0 Å². The minimum atomic E-state index is -0.660. The Morgan fingerprint density at radius 1 is 1.06 bits per heavy atom. The number of rotatable bonds is 7. The lowest BCUT2D eigenvalue weighted by atomic mass is 10.1. The number of benzene rings is 2. The summed E-state index contributed by atoms with van der Waals surface area (Å²) >= 11 is 1.01. The molecule has 0 aliphatic heterocycles. The van der Waals surface area contributed by atoms with Gasteiger partial charge in [-0.2, -0.15) is 5.10 Å². The molecule has 2 aromatic carbocycles. The van der Waals surface area contributed by atoms with Crippen LogP contribution in [0.15, 0.2) is 69.0 Å². The Kier molecular flexibility index (Phi) is 7.02. The molecule has 0 radical (unpaired) electrons. The van der Waals surface area contributed by atoms with Crippen molar-refractivity contribution in [1.82, 2.24) is 30.6 Å². The number of nitrogens with zero attached hydrogens (tertiary/aromatic N) is 4. The van der Waals surface area contributed by atoms with Crippen molar-refractivity contribution in [2.24, 2.45) is 0 Å². The van der Waals surface area contributed by atoms with Gasteiger partial charge in [0.15, 0.2) is 5.69 Å². The molecule has 34 heavy (non-hydrogen) atoms. The first-order valence-corrected chi connectivity index (χ1v) is 11.5. The maximum absolute atomic E-state index is 13.0. The van der Waals surface area contributed by atoms with Gasteiger partial charge < -0.3 is 9.73 Å². The molecule has 0 saturated heterocycles. The highest BCUT2D eigenvalue weighted by atomic mass is 32.2. The SMILES string of the molecule is CCNC(=O)NC(=O)C(C)Sc1nnc(-c2nn(Cc3ccccc3)c(=O)c3ccccc23)o1. The molecule has 4 rings (SSSR count). The smallest absolute Gasteiger partial charge is 0.321 e. The van der Waals surface area contributed by atoms with E-state index in [9.17, 15) is 14.4 Å². The van der Waals surface area contributed by atoms with Crippen molar-refractivity contribution in [3.05, 3.63) is 70.5 Å². The number of imide groups is 1. The van der Waals surface area contributed by atoms with Gasteiger partial charge in [0.25, 0.3) is 16.7 Å². The Bertz CT molecular complexity index is 1390. The highest BCUT2D eigenvalue weighted by molar-refractivity contribution is 8.00. The lowest BCUT2D eigenvalue weighted by molar-refractivity contribution is -0.119. The number of fused-ring (bicyclic) bond motifs is 1. The minimum absolute atomic E-state index is 0.122. The van der Waals surface area contributed by atoms with E-state index in [-0.39, 0.29) is 23.2 Å². The summed E-state index contributed by atoms with van der Waals surface area (Å²) in [5.74, 6) is -0.368. The van der Waals surface area contributed by atoms with Crippen molar-refractivity contribution < 1.29 is 14.0 Å². The molecule has 10 nitrogen and oxygen atoms in total. The Morgan fingerprint density at radius 2 is 1.76 bits per heavy atom. The van der Waals surface area contributed by atoms with Gasteiger partial charge in [-0.1, -0.05) is 60.3 Å². The van der Waals surface area contributed by atoms with Gasteiger partial charge in [-0.25, -0.2) is 9.48 Å². The van der Waals surface area contributed by atoms with Gasteiger partial charge >= 0.3 is 6.03 Å². The second-order valence-electron chi connectivity index (χ2n) is 7.32. The minimum Gasteiger partial charge on any atom is -0.409 e. The number of thioether (sulfide) groups is 1. The van der Waals surface area contributed by atoms with Crippen molar-refractivity contribution in [2.45, 2.75) is 30.9 Å². The molecule has 1 unspecified atom stereocenters. The zero-order chi connectivity index (χ0) is 24.1. The van der Waals surface area contributed by atoms with E-state index < -0.39 is 17.2 Å². The second-order valence-corrected chi connectivity index (χ2v) is 8.62. The Labute approximate surface area is 198 Å². The van der Waals surface area contributed by atoms with Crippen LogP contribution < -0.4 is 16.2 Å². The van der Waals surface area contributed by atoms with Crippen molar-refractivity contribution in [3.8, 4) is 11.6 Å². The van der Waals surface area contributed by atoms with E-state index in [1.807, 2.05) is 30.3 Å². The average molecular weight is 479 g/mol. The quantitative estimate of drug-likeness (QED) is 0.388. The number of carbonyl (C=O) groups is 2. The van der Waals surface area contributed by atoms with E-state index in [0.717, 1.165) is 17.3 Å². The van der Waals surface area contributed by atoms with Crippen LogP contribution in [0.1, 0.15) is 19.4 Å². The summed E-state index contributed by atoms with van der Waals surface area (Å²) in [5.41, 5.74) is 1.06. The summed E-state index contributed by atoms with van der Waals surface area (Å²) in [7, 11) is 0. The molecule has 3 amide bonds. The zero-order valence-corrected chi connectivity index (χ0v) is 19.3. The van der Waals surface area contributed by atoms with Crippen molar-refractivity contribution in [3.63, 3.8) is 0 Å². The molecule has 1 atom stereocenters. The van der Waals surface area contributed by atoms with Gasteiger partial charge in [0.2, 0.25) is 5.91 Å². The summed E-state index contributed by atoms with van der Waals surface area (Å²) < 4.78 is 7.15. The Morgan fingerprint density at radius 3 is 2.50 bits per heavy atom. The van der Waals surface area contributed by atoms with E-state index in [4.69, 9.17) is 4.42 Å². The first kappa shape index (κ1) is 23.2. The van der Waals surface area contributed by atoms with Crippen LogP contribution in [0.25, 0.3) is 22.4 Å². The molecule has 2 heterocycles. The third-order valence-electron chi connectivity index (χ3n) is 4.87.